The third-order valence-electron chi connectivity index (χ3n) is 2.63. The highest BCUT2D eigenvalue weighted by Gasteiger charge is 2.18. The molecule has 0 bridgehead atoms. The molecule has 17 heavy (non-hydrogen) atoms. The summed E-state index contributed by atoms with van der Waals surface area (Å²) in [6.07, 6.45) is 0. The molecule has 0 aliphatic carbocycles. The van der Waals surface area contributed by atoms with Crippen molar-refractivity contribution in [2.75, 3.05) is 0 Å². The second kappa shape index (κ2) is 5.30. The second-order valence-corrected chi connectivity index (χ2v) is 6.00. The van der Waals surface area contributed by atoms with Gasteiger partial charge in [0, 0.05) is 6.04 Å². The molecule has 0 fully saturated rings. The number of nitrogens with one attached hydrogen (secondary N) is 1. The molecule has 0 aliphatic heterocycles. The van der Waals surface area contributed by atoms with Crippen molar-refractivity contribution in [3.05, 3.63) is 29.8 Å². The van der Waals surface area contributed by atoms with Gasteiger partial charge in [-0.3, -0.25) is 0 Å². The normalized spacial score (nSPS) is 13.4. The topological polar surface area (TPSA) is 70.0 Å². The van der Waals surface area contributed by atoms with Crippen LogP contribution in [0.2, 0.25) is 0 Å². The van der Waals surface area contributed by atoms with Crippen LogP contribution in [0.1, 0.15) is 26.3 Å². The Hall–Kier alpha value is -1.38. The zero-order valence-corrected chi connectivity index (χ0v) is 11.0. The quantitative estimate of drug-likeness (QED) is 0.889. The minimum atomic E-state index is -3.49. The Bertz CT molecular complexity index is 512. The minimum absolute atomic E-state index is 0.129. The van der Waals surface area contributed by atoms with Crippen LogP contribution in [-0.2, 0) is 10.0 Å². The first-order valence-corrected chi connectivity index (χ1v) is 6.87. The van der Waals surface area contributed by atoms with Crippen LogP contribution in [0.5, 0.6) is 0 Å². The number of nitrogens with zero attached hydrogens (tertiary/aromatic N) is 1. The summed E-state index contributed by atoms with van der Waals surface area (Å²) >= 11 is 0. The number of benzene rings is 1. The van der Waals surface area contributed by atoms with Gasteiger partial charge in [-0.15, -0.1) is 0 Å². The molecule has 1 atom stereocenters. The predicted molar refractivity (Wildman–Crippen MR) is 65.8 cm³/mol. The molecule has 5 heteroatoms. The number of nitriles is 1. The number of rotatable bonds is 4. The monoisotopic (exact) mass is 252 g/mol. The van der Waals surface area contributed by atoms with E-state index in [0.29, 0.717) is 5.56 Å². The summed E-state index contributed by atoms with van der Waals surface area (Å²) in [4.78, 5) is 0.184. The van der Waals surface area contributed by atoms with Crippen molar-refractivity contribution in [1.82, 2.24) is 4.72 Å². The summed E-state index contributed by atoms with van der Waals surface area (Å²) in [6.45, 7) is 5.73. The average Bonchev–Trinajstić information content (AvgIpc) is 2.28. The Balaban J connectivity index is 2.94. The van der Waals surface area contributed by atoms with Gasteiger partial charge in [0.1, 0.15) is 0 Å². The molecule has 0 saturated heterocycles. The summed E-state index contributed by atoms with van der Waals surface area (Å²) in [7, 11) is -3.49. The van der Waals surface area contributed by atoms with Crippen LogP contribution < -0.4 is 4.72 Å². The lowest BCUT2D eigenvalue weighted by atomic mass is 10.1. The SMILES string of the molecule is CC(C)C(C)NS(=O)(=O)c1ccc(C#N)cc1. The van der Waals surface area contributed by atoms with Gasteiger partial charge >= 0.3 is 0 Å². The second-order valence-electron chi connectivity index (χ2n) is 4.29. The molecule has 0 aliphatic rings. The zero-order chi connectivity index (χ0) is 13.1. The van der Waals surface area contributed by atoms with Gasteiger partial charge in [-0.1, -0.05) is 13.8 Å². The zero-order valence-electron chi connectivity index (χ0n) is 10.1. The number of sulfonamides is 1. The summed E-state index contributed by atoms with van der Waals surface area (Å²) in [5.41, 5.74) is 0.445. The molecule has 0 spiro atoms. The molecule has 0 radical (unpaired) electrons. The summed E-state index contributed by atoms with van der Waals surface area (Å²) in [6, 6.07) is 7.69. The third kappa shape index (κ3) is 3.55. The molecule has 0 saturated carbocycles. The lowest BCUT2D eigenvalue weighted by molar-refractivity contribution is 0.476. The standard InChI is InChI=1S/C12H16N2O2S/c1-9(2)10(3)14-17(15,16)12-6-4-11(8-13)5-7-12/h4-7,9-10,14H,1-3H3. The maximum Gasteiger partial charge on any atom is 0.240 e. The van der Waals surface area contributed by atoms with Gasteiger partial charge in [0.15, 0.2) is 0 Å². The Morgan fingerprint density at radius 2 is 1.71 bits per heavy atom. The molecule has 1 aromatic rings. The lowest BCUT2D eigenvalue weighted by Crippen LogP contribution is -2.36. The van der Waals surface area contributed by atoms with Crippen LogP contribution in [0.15, 0.2) is 29.2 Å². The fourth-order valence-electron chi connectivity index (χ4n) is 1.16. The van der Waals surface area contributed by atoms with Crippen molar-refractivity contribution < 1.29 is 8.42 Å². The van der Waals surface area contributed by atoms with E-state index < -0.39 is 10.0 Å². The molecule has 0 heterocycles. The molecule has 1 rings (SSSR count). The minimum Gasteiger partial charge on any atom is -0.208 e. The van der Waals surface area contributed by atoms with E-state index in [1.165, 1.54) is 24.3 Å². The molecule has 4 nitrogen and oxygen atoms in total. The van der Waals surface area contributed by atoms with Gasteiger partial charge in [0.2, 0.25) is 10.0 Å². The van der Waals surface area contributed by atoms with Crippen LogP contribution >= 0.6 is 0 Å². The molecule has 1 N–H and O–H groups in total. The molecule has 1 aromatic carbocycles. The van der Waals surface area contributed by atoms with Gasteiger partial charge in [-0.05, 0) is 37.1 Å². The molecule has 0 amide bonds. The van der Waals surface area contributed by atoms with Crippen LogP contribution in [0, 0.1) is 17.2 Å². The summed E-state index contributed by atoms with van der Waals surface area (Å²) in [5, 5.41) is 8.63. The summed E-state index contributed by atoms with van der Waals surface area (Å²) in [5.74, 6) is 0.225. The fraction of sp³-hybridized carbons (Fsp3) is 0.417. The Kier molecular flexibility index (Phi) is 4.27. The molecular formula is C12H16N2O2S. The van der Waals surface area contributed by atoms with E-state index in [9.17, 15) is 8.42 Å². The van der Waals surface area contributed by atoms with E-state index in [2.05, 4.69) is 4.72 Å². The highest BCUT2D eigenvalue weighted by molar-refractivity contribution is 7.89. The van der Waals surface area contributed by atoms with E-state index in [1.807, 2.05) is 26.8 Å². The van der Waals surface area contributed by atoms with E-state index in [-0.39, 0.29) is 16.9 Å². The first kappa shape index (κ1) is 13.7. The van der Waals surface area contributed by atoms with Crippen LogP contribution in [-0.4, -0.2) is 14.5 Å². The molecule has 92 valence electrons. The van der Waals surface area contributed by atoms with Crippen molar-refractivity contribution in [1.29, 1.82) is 5.26 Å². The van der Waals surface area contributed by atoms with Crippen molar-refractivity contribution in [2.24, 2.45) is 5.92 Å². The number of hydrogen-bond donors (Lipinski definition) is 1. The van der Waals surface area contributed by atoms with E-state index in [0.717, 1.165) is 0 Å². The van der Waals surface area contributed by atoms with Gasteiger partial charge in [-0.25, -0.2) is 13.1 Å². The highest BCUT2D eigenvalue weighted by Crippen LogP contribution is 2.12. The Morgan fingerprint density at radius 3 is 2.12 bits per heavy atom. The fourth-order valence-corrected chi connectivity index (χ4v) is 2.55. The van der Waals surface area contributed by atoms with E-state index >= 15 is 0 Å². The van der Waals surface area contributed by atoms with Gasteiger partial charge in [0.05, 0.1) is 16.5 Å². The van der Waals surface area contributed by atoms with E-state index in [4.69, 9.17) is 5.26 Å². The molecular weight excluding hydrogens is 236 g/mol. The van der Waals surface area contributed by atoms with Gasteiger partial charge < -0.3 is 0 Å². The van der Waals surface area contributed by atoms with Gasteiger partial charge in [0.25, 0.3) is 0 Å². The van der Waals surface area contributed by atoms with Crippen molar-refractivity contribution in [3.63, 3.8) is 0 Å². The molecule has 1 unspecified atom stereocenters. The third-order valence-corrected chi connectivity index (χ3v) is 4.21. The smallest absolute Gasteiger partial charge is 0.208 e. The predicted octanol–water partition coefficient (Wildman–Crippen LogP) is 1.88. The van der Waals surface area contributed by atoms with Crippen molar-refractivity contribution >= 4 is 10.0 Å². The lowest BCUT2D eigenvalue weighted by Gasteiger charge is -2.17. The maximum atomic E-state index is 12.0. The largest absolute Gasteiger partial charge is 0.240 e. The van der Waals surface area contributed by atoms with Crippen LogP contribution in [0.25, 0.3) is 0 Å². The average molecular weight is 252 g/mol. The Labute approximate surface area is 102 Å². The van der Waals surface area contributed by atoms with Crippen molar-refractivity contribution in [2.45, 2.75) is 31.7 Å². The van der Waals surface area contributed by atoms with Crippen LogP contribution in [0.3, 0.4) is 0 Å². The van der Waals surface area contributed by atoms with Gasteiger partial charge in [-0.2, -0.15) is 5.26 Å². The summed E-state index contributed by atoms with van der Waals surface area (Å²) < 4.78 is 26.5. The number of hydrogen-bond acceptors (Lipinski definition) is 3. The first-order valence-electron chi connectivity index (χ1n) is 5.39. The van der Waals surface area contributed by atoms with Crippen LogP contribution in [0.4, 0.5) is 0 Å². The Morgan fingerprint density at radius 1 is 1.18 bits per heavy atom. The van der Waals surface area contributed by atoms with E-state index in [1.54, 1.807) is 0 Å². The van der Waals surface area contributed by atoms with Crippen molar-refractivity contribution in [3.8, 4) is 6.07 Å². The maximum absolute atomic E-state index is 12.0. The molecule has 0 aromatic heterocycles. The first-order chi connectivity index (χ1) is 7.86. The highest BCUT2D eigenvalue weighted by atomic mass is 32.2.